The van der Waals surface area contributed by atoms with Crippen molar-refractivity contribution in [3.05, 3.63) is 12.2 Å². The molecule has 2 fully saturated rings. The molecule has 8 nitrogen and oxygen atoms in total. The summed E-state index contributed by atoms with van der Waals surface area (Å²) in [6.45, 7) is 6.42. The number of ether oxygens (including phenoxy) is 2. The summed E-state index contributed by atoms with van der Waals surface area (Å²) < 4.78 is 10.2. The normalized spacial score (nSPS) is 37.1. The maximum absolute atomic E-state index is 12.5. The molecule has 0 amide bonds. The highest BCUT2D eigenvalue weighted by molar-refractivity contribution is 5.89. The number of aliphatic hydroxyl groups is 3. The van der Waals surface area contributed by atoms with Crippen LogP contribution in [-0.2, 0) is 23.9 Å². The Hall–Kier alpha value is -1.77. The molecule has 0 aromatic carbocycles. The number of hydrogen-bond donors (Lipinski definition) is 3. The molecule has 7 atom stereocenters. The first kappa shape index (κ1) is 21.5. The third-order valence-electron chi connectivity index (χ3n) is 6.03. The Morgan fingerprint density at radius 3 is 2.56 bits per heavy atom. The quantitative estimate of drug-likeness (QED) is 0.445. The maximum Gasteiger partial charge on any atom is 0.333 e. The van der Waals surface area contributed by atoms with Crippen LogP contribution in [0.15, 0.2) is 12.2 Å². The average Bonchev–Trinajstić information content (AvgIpc) is 2.62. The lowest BCUT2D eigenvalue weighted by Crippen LogP contribution is -2.62. The van der Waals surface area contributed by atoms with Gasteiger partial charge < -0.3 is 24.8 Å². The SMILES string of the molecule is C=C(C(=O)OC)C1C(OC(=O)C(C)CO)CC2(C)C(O)CCC(=O)C2C1O. The van der Waals surface area contributed by atoms with Gasteiger partial charge in [0.1, 0.15) is 11.9 Å². The first-order valence-electron chi connectivity index (χ1n) is 9.05. The summed E-state index contributed by atoms with van der Waals surface area (Å²) in [5.41, 5.74) is -1.11. The Morgan fingerprint density at radius 2 is 2.00 bits per heavy atom. The van der Waals surface area contributed by atoms with Crippen LogP contribution in [0.5, 0.6) is 0 Å². The summed E-state index contributed by atoms with van der Waals surface area (Å²) in [6.07, 6.45) is -2.75. The molecular formula is C19H28O8. The average molecular weight is 384 g/mol. The fraction of sp³-hybridized carbons (Fsp3) is 0.737. The second-order valence-electron chi connectivity index (χ2n) is 7.80. The summed E-state index contributed by atoms with van der Waals surface area (Å²) in [5, 5.41) is 30.7. The van der Waals surface area contributed by atoms with Crippen molar-refractivity contribution in [1.29, 1.82) is 0 Å². The molecule has 152 valence electrons. The van der Waals surface area contributed by atoms with Crippen LogP contribution >= 0.6 is 0 Å². The summed E-state index contributed by atoms with van der Waals surface area (Å²) in [5.74, 6) is -4.42. The van der Waals surface area contributed by atoms with Gasteiger partial charge in [-0.1, -0.05) is 13.5 Å². The van der Waals surface area contributed by atoms with Crippen LogP contribution in [0, 0.1) is 23.2 Å². The molecule has 2 rings (SSSR count). The fourth-order valence-electron chi connectivity index (χ4n) is 4.32. The Labute approximate surface area is 158 Å². The Kier molecular flexibility index (Phi) is 6.44. The van der Waals surface area contributed by atoms with Gasteiger partial charge in [-0.25, -0.2) is 4.79 Å². The molecule has 0 aromatic rings. The first-order valence-corrected chi connectivity index (χ1v) is 9.05. The molecule has 0 spiro atoms. The minimum Gasteiger partial charge on any atom is -0.466 e. The monoisotopic (exact) mass is 384 g/mol. The number of hydrogen-bond acceptors (Lipinski definition) is 8. The third kappa shape index (κ3) is 3.79. The van der Waals surface area contributed by atoms with Gasteiger partial charge in [0.25, 0.3) is 0 Å². The fourth-order valence-corrected chi connectivity index (χ4v) is 4.32. The molecule has 27 heavy (non-hydrogen) atoms. The molecule has 0 bridgehead atoms. The third-order valence-corrected chi connectivity index (χ3v) is 6.03. The van der Waals surface area contributed by atoms with E-state index in [2.05, 4.69) is 11.3 Å². The number of carbonyl (C=O) groups is 3. The van der Waals surface area contributed by atoms with Gasteiger partial charge in [0.15, 0.2) is 0 Å². The molecule has 0 heterocycles. The van der Waals surface area contributed by atoms with Crippen molar-refractivity contribution >= 4 is 17.7 Å². The zero-order valence-corrected chi connectivity index (χ0v) is 15.9. The van der Waals surface area contributed by atoms with Crippen LogP contribution in [-0.4, -0.2) is 65.1 Å². The minimum absolute atomic E-state index is 0.0756. The van der Waals surface area contributed by atoms with E-state index >= 15 is 0 Å². The van der Waals surface area contributed by atoms with E-state index in [0.29, 0.717) is 0 Å². The smallest absolute Gasteiger partial charge is 0.333 e. The highest BCUT2D eigenvalue weighted by Crippen LogP contribution is 2.52. The van der Waals surface area contributed by atoms with E-state index in [1.807, 2.05) is 0 Å². The molecule has 0 saturated heterocycles. The highest BCUT2D eigenvalue weighted by Gasteiger charge is 2.60. The Bertz CT molecular complexity index is 629. The van der Waals surface area contributed by atoms with E-state index < -0.39 is 60.0 Å². The minimum atomic E-state index is -1.36. The Morgan fingerprint density at radius 1 is 1.37 bits per heavy atom. The lowest BCUT2D eigenvalue weighted by molar-refractivity contribution is -0.193. The van der Waals surface area contributed by atoms with Crippen molar-refractivity contribution in [3.63, 3.8) is 0 Å². The number of carbonyl (C=O) groups excluding carboxylic acids is 3. The van der Waals surface area contributed by atoms with Gasteiger partial charge >= 0.3 is 11.9 Å². The summed E-state index contributed by atoms with van der Waals surface area (Å²) >= 11 is 0. The summed E-state index contributed by atoms with van der Waals surface area (Å²) in [7, 11) is 1.16. The van der Waals surface area contributed by atoms with Crippen molar-refractivity contribution < 1.29 is 39.2 Å². The van der Waals surface area contributed by atoms with E-state index in [0.717, 1.165) is 7.11 Å². The second kappa shape index (κ2) is 8.08. The zero-order valence-electron chi connectivity index (χ0n) is 15.9. The van der Waals surface area contributed by atoms with E-state index in [1.54, 1.807) is 6.92 Å². The lowest BCUT2D eigenvalue weighted by Gasteiger charge is -2.54. The lowest BCUT2D eigenvalue weighted by atomic mass is 9.53. The number of rotatable bonds is 5. The summed E-state index contributed by atoms with van der Waals surface area (Å²) in [6, 6.07) is 0. The topological polar surface area (TPSA) is 130 Å². The van der Waals surface area contributed by atoms with Gasteiger partial charge in [0.2, 0.25) is 0 Å². The van der Waals surface area contributed by atoms with E-state index in [1.165, 1.54) is 6.92 Å². The van der Waals surface area contributed by atoms with E-state index in [-0.39, 0.29) is 30.6 Å². The number of methoxy groups -OCH3 is 1. The van der Waals surface area contributed by atoms with Crippen LogP contribution in [0.2, 0.25) is 0 Å². The van der Waals surface area contributed by atoms with Gasteiger partial charge in [-0.2, -0.15) is 0 Å². The predicted octanol–water partition coefficient (Wildman–Crippen LogP) is -0.0171. The second-order valence-corrected chi connectivity index (χ2v) is 7.80. The number of ketones is 1. The molecule has 0 aromatic heterocycles. The van der Waals surface area contributed by atoms with Crippen molar-refractivity contribution in [1.82, 2.24) is 0 Å². The number of fused-ring (bicyclic) bond motifs is 1. The van der Waals surface area contributed by atoms with Crippen molar-refractivity contribution in [2.75, 3.05) is 13.7 Å². The van der Waals surface area contributed by atoms with Gasteiger partial charge in [0, 0.05) is 17.4 Å². The van der Waals surface area contributed by atoms with Crippen molar-refractivity contribution in [3.8, 4) is 0 Å². The standard InChI is InChI=1S/C19H28O8/c1-9(8-20)17(24)27-12-7-19(3)13(22)6-5-11(21)15(19)16(23)14(12)10(2)18(25)26-4/h9,12-16,20,22-23H,2,5-8H2,1,3-4H3. The molecule has 2 saturated carbocycles. The van der Waals surface area contributed by atoms with Gasteiger partial charge in [-0.15, -0.1) is 0 Å². The van der Waals surface area contributed by atoms with Crippen LogP contribution in [0.1, 0.15) is 33.1 Å². The molecule has 2 aliphatic rings. The van der Waals surface area contributed by atoms with Crippen LogP contribution in [0.3, 0.4) is 0 Å². The van der Waals surface area contributed by atoms with Crippen LogP contribution < -0.4 is 0 Å². The number of aliphatic hydroxyl groups excluding tert-OH is 3. The summed E-state index contributed by atoms with van der Waals surface area (Å²) in [4.78, 5) is 36.8. The van der Waals surface area contributed by atoms with Crippen LogP contribution in [0.25, 0.3) is 0 Å². The Balaban J connectivity index is 2.43. The molecule has 3 N–H and O–H groups in total. The number of esters is 2. The molecule has 0 radical (unpaired) electrons. The predicted molar refractivity (Wildman–Crippen MR) is 93.2 cm³/mol. The molecule has 7 unspecified atom stereocenters. The number of Topliss-reactive ketones (excluding diaryl/α,β-unsaturated/α-hetero) is 1. The largest absolute Gasteiger partial charge is 0.466 e. The van der Waals surface area contributed by atoms with E-state index in [4.69, 9.17) is 4.74 Å². The zero-order chi connectivity index (χ0) is 20.5. The van der Waals surface area contributed by atoms with Gasteiger partial charge in [-0.05, 0) is 19.8 Å². The highest BCUT2D eigenvalue weighted by atomic mass is 16.5. The first-order chi connectivity index (χ1) is 12.6. The van der Waals surface area contributed by atoms with Crippen molar-refractivity contribution in [2.24, 2.45) is 23.2 Å². The van der Waals surface area contributed by atoms with Crippen LogP contribution in [0.4, 0.5) is 0 Å². The molecule has 0 aliphatic heterocycles. The van der Waals surface area contributed by atoms with Gasteiger partial charge in [-0.3, -0.25) is 9.59 Å². The molecule has 2 aliphatic carbocycles. The molecular weight excluding hydrogens is 356 g/mol. The van der Waals surface area contributed by atoms with Crippen molar-refractivity contribution in [2.45, 2.75) is 51.4 Å². The molecule has 8 heteroatoms. The maximum atomic E-state index is 12.5. The van der Waals surface area contributed by atoms with Gasteiger partial charge in [0.05, 0.1) is 43.7 Å². The van der Waals surface area contributed by atoms with E-state index in [9.17, 15) is 29.7 Å².